The number of benzene rings is 2. The monoisotopic (exact) mass is 809 g/mol. The number of nitrogens with one attached hydrogen (secondary N) is 1. The Labute approximate surface area is 333 Å². The van der Waals surface area contributed by atoms with Crippen LogP contribution in [0.2, 0.25) is 18.1 Å². The summed E-state index contributed by atoms with van der Waals surface area (Å²) in [6.45, 7) is 17.2. The molecule has 1 aliphatic carbocycles. The molecular weight excluding hydrogens is 751 g/mol. The van der Waals surface area contributed by atoms with E-state index in [0.29, 0.717) is 13.0 Å². The lowest BCUT2D eigenvalue weighted by Gasteiger charge is -2.40. The molecule has 0 radical (unpaired) electrons. The van der Waals surface area contributed by atoms with Gasteiger partial charge in [0.05, 0.1) is 36.5 Å². The van der Waals surface area contributed by atoms with Crippen LogP contribution >= 0.6 is 0 Å². The third-order valence-electron chi connectivity index (χ3n) is 10.2. The predicted molar refractivity (Wildman–Crippen MR) is 220 cm³/mol. The van der Waals surface area contributed by atoms with Gasteiger partial charge in [-0.15, -0.1) is 0 Å². The molecule has 1 aromatic heterocycles. The second-order valence-corrected chi connectivity index (χ2v) is 23.6. The van der Waals surface area contributed by atoms with E-state index < -0.39 is 60.2 Å². The summed E-state index contributed by atoms with van der Waals surface area (Å²) >= 11 is 0. The van der Waals surface area contributed by atoms with Crippen molar-refractivity contribution in [2.45, 2.75) is 122 Å². The second-order valence-electron chi connectivity index (χ2n) is 17.0. The second kappa shape index (κ2) is 18.8. The number of aromatic nitrogens is 1. The quantitative estimate of drug-likeness (QED) is 0.134. The van der Waals surface area contributed by atoms with E-state index in [9.17, 15) is 22.8 Å². The molecule has 0 aliphatic heterocycles. The molecule has 0 saturated heterocycles. The van der Waals surface area contributed by atoms with Crippen LogP contribution in [0.3, 0.4) is 0 Å². The van der Waals surface area contributed by atoms with Gasteiger partial charge in [0.2, 0.25) is 10.0 Å². The molecule has 1 fully saturated rings. The molecule has 56 heavy (non-hydrogen) atoms. The summed E-state index contributed by atoms with van der Waals surface area (Å²) in [6, 6.07) is 16.8. The first-order chi connectivity index (χ1) is 26.1. The van der Waals surface area contributed by atoms with E-state index in [1.807, 2.05) is 61.9 Å². The Bertz CT molecular complexity index is 1900. The molecule has 12 nitrogen and oxygen atoms in total. The smallest absolute Gasteiger partial charge is 0.410 e. The largest absolute Gasteiger partial charge is 0.490 e. The minimum Gasteiger partial charge on any atom is -0.490 e. The minimum absolute atomic E-state index is 0.0502. The molecule has 0 spiro atoms. The molecule has 0 bridgehead atoms. The number of amides is 2. The van der Waals surface area contributed by atoms with Gasteiger partial charge in [0.1, 0.15) is 11.4 Å². The summed E-state index contributed by atoms with van der Waals surface area (Å²) in [6.07, 6.45) is 7.23. The van der Waals surface area contributed by atoms with E-state index in [1.165, 1.54) is 6.07 Å². The highest BCUT2D eigenvalue weighted by Gasteiger charge is 2.40. The number of sulfonamides is 1. The SMILES string of the molecule is CC(C)(C)OC(=O)N(CCc1ccc(-c2ccc(C(=O)NS(=O)(=O)CCC(=O)O)c(OC3CCCCC3)c2)cc1)C[C@@H](O[Si](C)(C)C(C)(C)C)c1cccnc1. The normalized spacial score (nSPS) is 14.8. The third-order valence-corrected chi connectivity index (χ3v) is 15.9. The first-order valence-corrected chi connectivity index (χ1v) is 23.9. The number of aliphatic carboxylic acids is 1. The van der Waals surface area contributed by atoms with Crippen LogP contribution < -0.4 is 9.46 Å². The van der Waals surface area contributed by atoms with Crippen LogP contribution in [0.25, 0.3) is 11.1 Å². The molecule has 2 aromatic carbocycles. The topological polar surface area (TPSA) is 161 Å². The van der Waals surface area contributed by atoms with Gasteiger partial charge in [0, 0.05) is 18.9 Å². The van der Waals surface area contributed by atoms with Crippen molar-refractivity contribution in [1.29, 1.82) is 0 Å². The molecule has 0 unspecified atom stereocenters. The number of pyridine rings is 1. The van der Waals surface area contributed by atoms with Crippen LogP contribution in [0.4, 0.5) is 4.79 Å². The Hall–Kier alpha value is -4.27. The molecule has 14 heteroatoms. The number of carbonyl (C=O) groups excluding carboxylic acids is 2. The number of rotatable bonds is 16. The maximum atomic E-state index is 13.7. The summed E-state index contributed by atoms with van der Waals surface area (Å²) in [7, 11) is -6.43. The lowest BCUT2D eigenvalue weighted by atomic mass is 9.97. The number of hydrogen-bond donors (Lipinski definition) is 2. The molecule has 3 aromatic rings. The van der Waals surface area contributed by atoms with E-state index in [-0.39, 0.29) is 29.0 Å². The highest BCUT2D eigenvalue weighted by atomic mass is 32.2. The Morgan fingerprint density at radius 2 is 1.62 bits per heavy atom. The summed E-state index contributed by atoms with van der Waals surface area (Å²) in [5.74, 6) is -2.61. The van der Waals surface area contributed by atoms with Crippen LogP contribution in [0.1, 0.15) is 108 Å². The Kier molecular flexibility index (Phi) is 14.9. The Balaban J connectivity index is 1.57. The summed E-state index contributed by atoms with van der Waals surface area (Å²) in [5, 5.41) is 8.88. The van der Waals surface area contributed by atoms with Gasteiger partial charge in [-0.1, -0.05) is 63.6 Å². The van der Waals surface area contributed by atoms with Crippen molar-refractivity contribution in [2.24, 2.45) is 0 Å². The van der Waals surface area contributed by atoms with Crippen LogP contribution in [-0.4, -0.2) is 80.2 Å². The fraction of sp³-hybridized carbons (Fsp3) is 0.524. The van der Waals surface area contributed by atoms with Gasteiger partial charge in [-0.05, 0) is 111 Å². The lowest BCUT2D eigenvalue weighted by Crippen LogP contribution is -2.46. The van der Waals surface area contributed by atoms with Crippen molar-refractivity contribution in [3.05, 3.63) is 83.7 Å². The van der Waals surface area contributed by atoms with E-state index in [2.05, 4.69) is 38.8 Å². The van der Waals surface area contributed by atoms with Crippen LogP contribution in [0.5, 0.6) is 5.75 Å². The average molecular weight is 810 g/mol. The number of carboxylic acids is 1. The molecule has 306 valence electrons. The first kappa shape index (κ1) is 44.4. The predicted octanol–water partition coefficient (Wildman–Crippen LogP) is 8.54. The Morgan fingerprint density at radius 3 is 2.21 bits per heavy atom. The zero-order chi connectivity index (χ0) is 41.3. The maximum Gasteiger partial charge on any atom is 0.410 e. The molecule has 4 rings (SSSR count). The van der Waals surface area contributed by atoms with Gasteiger partial charge in [-0.3, -0.25) is 14.6 Å². The average Bonchev–Trinajstić information content (AvgIpc) is 3.11. The van der Waals surface area contributed by atoms with E-state index >= 15 is 0 Å². The van der Waals surface area contributed by atoms with Crippen molar-refractivity contribution >= 4 is 36.3 Å². The Morgan fingerprint density at radius 1 is 0.964 bits per heavy atom. The van der Waals surface area contributed by atoms with Crippen molar-refractivity contribution in [1.82, 2.24) is 14.6 Å². The van der Waals surface area contributed by atoms with Crippen LogP contribution in [-0.2, 0) is 30.4 Å². The van der Waals surface area contributed by atoms with Crippen molar-refractivity contribution in [3.63, 3.8) is 0 Å². The van der Waals surface area contributed by atoms with Crippen molar-refractivity contribution < 1.29 is 41.8 Å². The van der Waals surface area contributed by atoms with Gasteiger partial charge < -0.3 is 23.9 Å². The summed E-state index contributed by atoms with van der Waals surface area (Å²) < 4.78 is 46.0. The van der Waals surface area contributed by atoms with Gasteiger partial charge in [-0.2, -0.15) is 0 Å². The van der Waals surface area contributed by atoms with Gasteiger partial charge >= 0.3 is 12.1 Å². The van der Waals surface area contributed by atoms with Crippen molar-refractivity contribution in [2.75, 3.05) is 18.8 Å². The fourth-order valence-electron chi connectivity index (χ4n) is 6.04. The van der Waals surface area contributed by atoms with Crippen molar-refractivity contribution in [3.8, 4) is 16.9 Å². The molecule has 1 aliphatic rings. The number of ether oxygens (including phenoxy) is 2. The highest BCUT2D eigenvalue weighted by molar-refractivity contribution is 7.90. The summed E-state index contributed by atoms with van der Waals surface area (Å²) in [4.78, 5) is 43.9. The van der Waals surface area contributed by atoms with E-state index in [4.69, 9.17) is 19.0 Å². The molecule has 1 heterocycles. The number of nitrogens with zero attached hydrogens (tertiary/aromatic N) is 2. The molecule has 1 atom stereocenters. The van der Waals surface area contributed by atoms with E-state index in [0.717, 1.165) is 54.4 Å². The van der Waals surface area contributed by atoms with Gasteiger partial charge in [0.25, 0.3) is 5.91 Å². The number of carboxylic acid groups (broad SMARTS) is 1. The zero-order valence-electron chi connectivity index (χ0n) is 34.1. The first-order valence-electron chi connectivity index (χ1n) is 19.3. The fourth-order valence-corrected chi connectivity index (χ4v) is 8.25. The number of carbonyl (C=O) groups is 3. The van der Waals surface area contributed by atoms with Crippen LogP contribution in [0, 0.1) is 0 Å². The number of hydrogen-bond acceptors (Lipinski definition) is 9. The third kappa shape index (κ3) is 13.4. The summed E-state index contributed by atoms with van der Waals surface area (Å²) in [5.41, 5.74) is 2.87. The molecular formula is C42H59N3O9SSi. The van der Waals surface area contributed by atoms with Gasteiger partial charge in [-0.25, -0.2) is 17.9 Å². The van der Waals surface area contributed by atoms with Gasteiger partial charge in [0.15, 0.2) is 8.32 Å². The lowest BCUT2D eigenvalue weighted by molar-refractivity contribution is -0.136. The van der Waals surface area contributed by atoms with E-state index in [1.54, 1.807) is 29.4 Å². The maximum absolute atomic E-state index is 13.7. The molecule has 2 amide bonds. The minimum atomic E-state index is -4.18. The standard InChI is InChI=1S/C42H59N3O9SSi/c1-41(2,3)53-40(49)45(29-37(33-13-12-24-43-28-33)54-56(7,8)42(4,5)6)25-22-30-16-18-31(19-17-30)32-20-21-35(36(27-32)52-34-14-10-9-11-15-34)39(48)44-55(50,51)26-23-38(46)47/h12-13,16-21,24,27-28,34,37H,9-11,14-15,22-23,25-26,29H2,1-8H3,(H,44,48)(H,46,47)/t37-/m1/s1. The molecule has 1 saturated carbocycles. The van der Waals surface area contributed by atoms with Crippen LogP contribution in [0.15, 0.2) is 67.0 Å². The highest BCUT2D eigenvalue weighted by Crippen LogP contribution is 2.40. The molecule has 2 N–H and O–H groups in total. The zero-order valence-corrected chi connectivity index (χ0v) is 35.9.